The minimum Gasteiger partial charge on any atom is -0.367 e. The largest absolute Gasteiger partial charge is 0.367 e. The fourth-order valence-corrected chi connectivity index (χ4v) is 3.47. The van der Waals surface area contributed by atoms with Crippen LogP contribution >= 0.6 is 27.3 Å². The van der Waals surface area contributed by atoms with Crippen LogP contribution in [-0.4, -0.2) is 20.8 Å². The van der Waals surface area contributed by atoms with Gasteiger partial charge in [0.05, 0.1) is 5.39 Å². The number of alkyl halides is 1. The Morgan fingerprint density at radius 2 is 2.17 bits per heavy atom. The van der Waals surface area contributed by atoms with Crippen molar-refractivity contribution < 1.29 is 0 Å². The third-order valence-corrected chi connectivity index (χ3v) is 4.35. The molecular weight excluding hydrogens is 310 g/mol. The summed E-state index contributed by atoms with van der Waals surface area (Å²) in [5.41, 5.74) is 0. The topological polar surface area (TPSA) is 37.8 Å². The lowest BCUT2D eigenvalue weighted by molar-refractivity contribution is 0.706. The molecule has 0 aliphatic carbocycles. The molecule has 2 atom stereocenters. The second-order valence-electron chi connectivity index (χ2n) is 4.57. The number of aromatic nitrogens is 2. The van der Waals surface area contributed by atoms with Crippen LogP contribution in [0.3, 0.4) is 0 Å². The average molecular weight is 328 g/mol. The van der Waals surface area contributed by atoms with Crippen LogP contribution in [-0.2, 0) is 6.42 Å². The Balaban J connectivity index is 2.24. The summed E-state index contributed by atoms with van der Waals surface area (Å²) in [6.07, 6.45) is 3.76. The molecule has 2 unspecified atom stereocenters. The monoisotopic (exact) mass is 327 g/mol. The van der Waals surface area contributed by atoms with E-state index >= 15 is 0 Å². The van der Waals surface area contributed by atoms with Gasteiger partial charge in [-0.25, -0.2) is 9.97 Å². The van der Waals surface area contributed by atoms with E-state index in [4.69, 9.17) is 0 Å². The molecular formula is C13H18BrN3S. The van der Waals surface area contributed by atoms with E-state index in [0.29, 0.717) is 10.9 Å². The van der Waals surface area contributed by atoms with Gasteiger partial charge in [0.2, 0.25) is 0 Å². The number of hydrogen-bond donors (Lipinski definition) is 1. The van der Waals surface area contributed by atoms with E-state index in [1.54, 1.807) is 17.7 Å². The number of hydrogen-bond acceptors (Lipinski definition) is 4. The number of anilines is 1. The standard InChI is InChI=1S/C13H18BrN3S/c1-4-10-6-11-12(15-7-16-13(11)18-10)17-9(3)5-8(2)14/h6-9H,4-5H2,1-3H3,(H,15,16,17). The maximum Gasteiger partial charge on any atom is 0.138 e. The van der Waals surface area contributed by atoms with Gasteiger partial charge in [0.25, 0.3) is 0 Å². The molecule has 0 spiro atoms. The maximum atomic E-state index is 4.37. The second kappa shape index (κ2) is 5.97. The van der Waals surface area contributed by atoms with E-state index in [9.17, 15) is 0 Å². The number of rotatable bonds is 5. The summed E-state index contributed by atoms with van der Waals surface area (Å²) >= 11 is 5.33. The van der Waals surface area contributed by atoms with Gasteiger partial charge in [-0.15, -0.1) is 11.3 Å². The highest BCUT2D eigenvalue weighted by atomic mass is 79.9. The Labute approximate surface area is 120 Å². The van der Waals surface area contributed by atoms with E-state index in [1.165, 1.54) is 4.88 Å². The molecule has 3 nitrogen and oxygen atoms in total. The first kappa shape index (κ1) is 13.7. The molecule has 0 saturated heterocycles. The molecule has 1 N–H and O–H groups in total. The smallest absolute Gasteiger partial charge is 0.138 e. The third-order valence-electron chi connectivity index (χ3n) is 2.79. The summed E-state index contributed by atoms with van der Waals surface area (Å²) in [4.78, 5) is 11.6. The second-order valence-corrected chi connectivity index (χ2v) is 7.25. The van der Waals surface area contributed by atoms with Gasteiger partial charge in [-0.1, -0.05) is 29.8 Å². The van der Waals surface area contributed by atoms with Gasteiger partial charge < -0.3 is 5.32 Å². The number of thiophene rings is 1. The Hall–Kier alpha value is -0.680. The number of fused-ring (bicyclic) bond motifs is 1. The first-order chi connectivity index (χ1) is 8.60. The van der Waals surface area contributed by atoms with Crippen molar-refractivity contribution in [3.8, 4) is 0 Å². The summed E-state index contributed by atoms with van der Waals surface area (Å²) in [6, 6.07) is 2.59. The molecule has 0 fully saturated rings. The summed E-state index contributed by atoms with van der Waals surface area (Å²) < 4.78 is 0. The molecule has 2 rings (SSSR count). The van der Waals surface area contributed by atoms with Crippen LogP contribution in [0, 0.1) is 0 Å². The summed E-state index contributed by atoms with van der Waals surface area (Å²) in [5.74, 6) is 0.955. The van der Waals surface area contributed by atoms with E-state index in [-0.39, 0.29) is 0 Å². The first-order valence-corrected chi connectivity index (χ1v) is 7.97. The first-order valence-electron chi connectivity index (χ1n) is 6.24. The SMILES string of the molecule is CCc1cc2c(NC(C)CC(C)Br)ncnc2s1. The molecule has 18 heavy (non-hydrogen) atoms. The van der Waals surface area contributed by atoms with Crippen LogP contribution in [0.25, 0.3) is 10.2 Å². The van der Waals surface area contributed by atoms with Gasteiger partial charge in [-0.05, 0) is 25.8 Å². The zero-order valence-corrected chi connectivity index (χ0v) is 13.3. The molecule has 0 radical (unpaired) electrons. The highest BCUT2D eigenvalue weighted by Gasteiger charge is 2.11. The summed E-state index contributed by atoms with van der Waals surface area (Å²) in [5, 5.41) is 4.63. The Bertz CT molecular complexity index is 524. The molecule has 0 aliphatic heterocycles. The van der Waals surface area contributed by atoms with Gasteiger partial charge in [0, 0.05) is 15.7 Å². The van der Waals surface area contributed by atoms with Crippen molar-refractivity contribution in [1.29, 1.82) is 0 Å². The minimum atomic E-state index is 0.391. The highest BCUT2D eigenvalue weighted by Crippen LogP contribution is 2.29. The van der Waals surface area contributed by atoms with Gasteiger partial charge in [-0.2, -0.15) is 0 Å². The highest BCUT2D eigenvalue weighted by molar-refractivity contribution is 9.09. The quantitative estimate of drug-likeness (QED) is 0.835. The van der Waals surface area contributed by atoms with Crippen LogP contribution in [0.15, 0.2) is 12.4 Å². The van der Waals surface area contributed by atoms with Crippen molar-refractivity contribution in [3.05, 3.63) is 17.3 Å². The number of nitrogens with zero attached hydrogens (tertiary/aromatic N) is 2. The zero-order valence-electron chi connectivity index (χ0n) is 10.9. The molecule has 2 aromatic heterocycles. The Kier molecular flexibility index (Phi) is 4.56. The van der Waals surface area contributed by atoms with Crippen molar-refractivity contribution in [3.63, 3.8) is 0 Å². The lowest BCUT2D eigenvalue weighted by Gasteiger charge is -2.16. The van der Waals surface area contributed by atoms with Crippen molar-refractivity contribution >= 4 is 43.3 Å². The van der Waals surface area contributed by atoms with E-state index in [2.05, 4.69) is 58.1 Å². The molecule has 0 aromatic carbocycles. The number of halogens is 1. The molecule has 5 heteroatoms. The summed E-state index contributed by atoms with van der Waals surface area (Å²) in [6.45, 7) is 6.51. The molecule has 0 saturated carbocycles. The van der Waals surface area contributed by atoms with Crippen LogP contribution in [0.5, 0.6) is 0 Å². The van der Waals surface area contributed by atoms with Gasteiger partial charge in [0.15, 0.2) is 0 Å². The molecule has 2 heterocycles. The number of aryl methyl sites for hydroxylation is 1. The van der Waals surface area contributed by atoms with Crippen molar-refractivity contribution in [2.75, 3.05) is 5.32 Å². The van der Waals surface area contributed by atoms with Crippen LogP contribution in [0.4, 0.5) is 5.82 Å². The van der Waals surface area contributed by atoms with Crippen LogP contribution in [0.1, 0.15) is 32.1 Å². The Morgan fingerprint density at radius 3 is 2.83 bits per heavy atom. The molecule has 0 aliphatic rings. The summed E-state index contributed by atoms with van der Waals surface area (Å²) in [7, 11) is 0. The van der Waals surface area contributed by atoms with Crippen molar-refractivity contribution in [1.82, 2.24) is 9.97 Å². The zero-order chi connectivity index (χ0) is 13.1. The van der Waals surface area contributed by atoms with E-state index in [1.807, 2.05) is 0 Å². The van der Waals surface area contributed by atoms with Crippen LogP contribution in [0.2, 0.25) is 0 Å². The van der Waals surface area contributed by atoms with Gasteiger partial charge >= 0.3 is 0 Å². The molecule has 0 bridgehead atoms. The predicted molar refractivity (Wildman–Crippen MR) is 82.9 cm³/mol. The molecule has 98 valence electrons. The minimum absolute atomic E-state index is 0.391. The van der Waals surface area contributed by atoms with E-state index < -0.39 is 0 Å². The van der Waals surface area contributed by atoms with E-state index in [0.717, 1.165) is 28.9 Å². The molecule has 2 aromatic rings. The molecule has 0 amide bonds. The predicted octanol–water partition coefficient (Wildman–Crippen LogP) is 4.23. The Morgan fingerprint density at radius 1 is 1.39 bits per heavy atom. The average Bonchev–Trinajstić information content (AvgIpc) is 2.72. The maximum absolute atomic E-state index is 4.37. The van der Waals surface area contributed by atoms with Gasteiger partial charge in [-0.3, -0.25) is 0 Å². The van der Waals surface area contributed by atoms with Crippen molar-refractivity contribution in [2.45, 2.75) is 44.5 Å². The fourth-order valence-electron chi connectivity index (χ4n) is 1.97. The lowest BCUT2D eigenvalue weighted by atomic mass is 10.2. The van der Waals surface area contributed by atoms with Gasteiger partial charge in [0.1, 0.15) is 17.0 Å². The third kappa shape index (κ3) is 3.20. The normalized spacial score (nSPS) is 14.7. The van der Waals surface area contributed by atoms with Crippen LogP contribution < -0.4 is 5.32 Å². The number of nitrogens with one attached hydrogen (secondary N) is 1. The lowest BCUT2D eigenvalue weighted by Crippen LogP contribution is -2.19. The van der Waals surface area contributed by atoms with Crippen molar-refractivity contribution in [2.24, 2.45) is 0 Å². The fraction of sp³-hybridized carbons (Fsp3) is 0.538.